The van der Waals surface area contributed by atoms with E-state index in [1.807, 2.05) is 31.0 Å². The molecule has 1 fully saturated rings. The van der Waals surface area contributed by atoms with Crippen molar-refractivity contribution in [2.75, 3.05) is 49.3 Å². The van der Waals surface area contributed by atoms with E-state index in [1.54, 1.807) is 13.1 Å². The van der Waals surface area contributed by atoms with E-state index in [2.05, 4.69) is 57.0 Å². The van der Waals surface area contributed by atoms with E-state index in [4.69, 9.17) is 0 Å². The third-order valence-electron chi connectivity index (χ3n) is 5.04. The second-order valence-corrected chi connectivity index (χ2v) is 9.27. The van der Waals surface area contributed by atoms with Crippen LogP contribution in [0.4, 0.5) is 23.5 Å². The summed E-state index contributed by atoms with van der Waals surface area (Å²) in [6.07, 6.45) is 1.02. The zero-order chi connectivity index (χ0) is 22.6. The Morgan fingerprint density at radius 2 is 1.94 bits per heavy atom. The maximum atomic E-state index is 12.1. The molecule has 0 saturated carbocycles. The summed E-state index contributed by atoms with van der Waals surface area (Å²) in [5, 5.41) is 12.7. The minimum absolute atomic E-state index is 0. The quantitative estimate of drug-likeness (QED) is 0.518. The standard InChI is InChI=1S/C22H34N8O.CH4/c1-14-7-8-15(18(31)23-5)11-17(14)26-20-27-19(25-16-9-10-24-12-16)28-21(29-20)30(6)13-22(2,3)4;/h7-8,11,16,24H,9-10,12-13H2,1-6H3,(H,23,31)(H2,25,26,27,28,29);1H4/t16-;/m1./s1. The molecular formula is C23H38N8O. The zero-order valence-electron chi connectivity index (χ0n) is 19.3. The first-order valence-electron chi connectivity index (χ1n) is 10.7. The topological polar surface area (TPSA) is 107 Å². The highest BCUT2D eigenvalue weighted by Crippen LogP contribution is 2.24. The second kappa shape index (κ2) is 10.6. The molecule has 0 spiro atoms. The Morgan fingerprint density at radius 3 is 2.56 bits per heavy atom. The van der Waals surface area contributed by atoms with E-state index in [0.29, 0.717) is 23.4 Å². The van der Waals surface area contributed by atoms with Gasteiger partial charge in [0.15, 0.2) is 0 Å². The van der Waals surface area contributed by atoms with Crippen molar-refractivity contribution >= 4 is 29.4 Å². The number of hydrogen-bond donors (Lipinski definition) is 4. The van der Waals surface area contributed by atoms with Crippen molar-refractivity contribution in [3.63, 3.8) is 0 Å². The van der Waals surface area contributed by atoms with Gasteiger partial charge in [-0.05, 0) is 43.0 Å². The van der Waals surface area contributed by atoms with Crippen molar-refractivity contribution in [3.8, 4) is 0 Å². The number of aryl methyl sites for hydroxylation is 1. The van der Waals surface area contributed by atoms with Gasteiger partial charge >= 0.3 is 0 Å². The van der Waals surface area contributed by atoms with Crippen LogP contribution in [-0.4, -0.2) is 60.6 Å². The average Bonchev–Trinajstić information content (AvgIpc) is 3.20. The zero-order valence-corrected chi connectivity index (χ0v) is 19.3. The number of carbonyl (C=O) groups is 1. The Kier molecular flexibility index (Phi) is 8.38. The minimum Gasteiger partial charge on any atom is -0.355 e. The lowest BCUT2D eigenvalue weighted by Crippen LogP contribution is -2.31. The molecular weight excluding hydrogens is 404 g/mol. The van der Waals surface area contributed by atoms with Gasteiger partial charge in [0, 0.05) is 44.5 Å². The summed E-state index contributed by atoms with van der Waals surface area (Å²) in [6, 6.07) is 5.80. The van der Waals surface area contributed by atoms with Crippen LogP contribution in [0.15, 0.2) is 18.2 Å². The summed E-state index contributed by atoms with van der Waals surface area (Å²) in [5.74, 6) is 1.44. The summed E-state index contributed by atoms with van der Waals surface area (Å²) in [5.41, 5.74) is 2.44. The van der Waals surface area contributed by atoms with Crippen LogP contribution in [0.3, 0.4) is 0 Å². The first-order valence-corrected chi connectivity index (χ1v) is 10.7. The van der Waals surface area contributed by atoms with Crippen molar-refractivity contribution in [1.82, 2.24) is 25.6 Å². The van der Waals surface area contributed by atoms with Gasteiger partial charge in [0.05, 0.1) is 0 Å². The fourth-order valence-electron chi connectivity index (χ4n) is 3.56. The van der Waals surface area contributed by atoms with Crippen LogP contribution >= 0.6 is 0 Å². The van der Waals surface area contributed by atoms with Gasteiger partial charge in [0.25, 0.3) is 5.91 Å². The van der Waals surface area contributed by atoms with Crippen LogP contribution in [0.5, 0.6) is 0 Å². The molecule has 9 heteroatoms. The SMILES string of the molecule is C.CNC(=O)c1ccc(C)c(Nc2nc(N[C@@H]3CCNC3)nc(N(C)CC(C)(C)C)n2)c1. The second-order valence-electron chi connectivity index (χ2n) is 9.27. The lowest BCUT2D eigenvalue weighted by Gasteiger charge is -2.27. The molecule has 1 aromatic heterocycles. The van der Waals surface area contributed by atoms with Gasteiger partial charge in [-0.3, -0.25) is 4.79 Å². The summed E-state index contributed by atoms with van der Waals surface area (Å²) < 4.78 is 0. The Labute approximate surface area is 191 Å². The van der Waals surface area contributed by atoms with E-state index < -0.39 is 0 Å². The highest BCUT2D eigenvalue weighted by atomic mass is 16.1. The Hall–Kier alpha value is -2.94. The van der Waals surface area contributed by atoms with Gasteiger partial charge in [-0.25, -0.2) is 0 Å². The highest BCUT2D eigenvalue weighted by molar-refractivity contribution is 5.95. The number of hydrogen-bond acceptors (Lipinski definition) is 8. The monoisotopic (exact) mass is 442 g/mol. The fraction of sp³-hybridized carbons (Fsp3) is 0.565. The molecule has 176 valence electrons. The van der Waals surface area contributed by atoms with Gasteiger partial charge in [0.1, 0.15) is 0 Å². The van der Waals surface area contributed by atoms with Crippen LogP contribution in [0, 0.1) is 12.3 Å². The highest BCUT2D eigenvalue weighted by Gasteiger charge is 2.20. The maximum absolute atomic E-state index is 12.1. The molecule has 1 atom stereocenters. The fourth-order valence-corrected chi connectivity index (χ4v) is 3.56. The Morgan fingerprint density at radius 1 is 1.22 bits per heavy atom. The summed E-state index contributed by atoms with van der Waals surface area (Å²) in [6.45, 7) is 11.2. The molecule has 1 aliphatic rings. The molecule has 1 aliphatic heterocycles. The van der Waals surface area contributed by atoms with Crippen LogP contribution in [-0.2, 0) is 0 Å². The lowest BCUT2D eigenvalue weighted by atomic mass is 9.96. The predicted octanol–water partition coefficient (Wildman–Crippen LogP) is 3.18. The first-order chi connectivity index (χ1) is 14.6. The molecule has 1 aromatic carbocycles. The number of rotatable bonds is 7. The van der Waals surface area contributed by atoms with E-state index in [0.717, 1.165) is 37.3 Å². The summed E-state index contributed by atoms with van der Waals surface area (Å²) >= 11 is 0. The molecule has 9 nitrogen and oxygen atoms in total. The maximum Gasteiger partial charge on any atom is 0.251 e. The van der Waals surface area contributed by atoms with Gasteiger partial charge in [-0.1, -0.05) is 34.3 Å². The van der Waals surface area contributed by atoms with Crippen molar-refractivity contribution in [2.24, 2.45) is 5.41 Å². The molecule has 0 bridgehead atoms. The van der Waals surface area contributed by atoms with E-state index in [9.17, 15) is 4.79 Å². The molecule has 0 unspecified atom stereocenters. The molecule has 0 aliphatic carbocycles. The number of amides is 1. The summed E-state index contributed by atoms with van der Waals surface area (Å²) in [7, 11) is 3.61. The molecule has 2 heterocycles. The first kappa shape index (κ1) is 25.3. The Bertz CT molecular complexity index is 919. The number of carbonyl (C=O) groups excluding carboxylic acids is 1. The number of benzene rings is 1. The molecule has 2 aromatic rings. The van der Waals surface area contributed by atoms with Crippen LogP contribution in [0.1, 0.15) is 50.5 Å². The normalized spacial score (nSPS) is 15.6. The molecule has 1 amide bonds. The van der Waals surface area contributed by atoms with Crippen LogP contribution < -0.4 is 26.2 Å². The third kappa shape index (κ3) is 6.78. The largest absolute Gasteiger partial charge is 0.355 e. The van der Waals surface area contributed by atoms with Gasteiger partial charge in [0.2, 0.25) is 17.8 Å². The van der Waals surface area contributed by atoms with E-state index in [-0.39, 0.29) is 24.8 Å². The minimum atomic E-state index is -0.139. The number of nitrogens with one attached hydrogen (secondary N) is 4. The van der Waals surface area contributed by atoms with E-state index >= 15 is 0 Å². The molecule has 4 N–H and O–H groups in total. The lowest BCUT2D eigenvalue weighted by molar-refractivity contribution is 0.0963. The average molecular weight is 443 g/mol. The smallest absolute Gasteiger partial charge is 0.251 e. The van der Waals surface area contributed by atoms with Gasteiger partial charge in [-0.2, -0.15) is 15.0 Å². The molecule has 0 radical (unpaired) electrons. The van der Waals surface area contributed by atoms with Crippen molar-refractivity contribution in [3.05, 3.63) is 29.3 Å². The van der Waals surface area contributed by atoms with Crippen molar-refractivity contribution in [1.29, 1.82) is 0 Å². The van der Waals surface area contributed by atoms with Gasteiger partial charge < -0.3 is 26.2 Å². The van der Waals surface area contributed by atoms with E-state index in [1.165, 1.54) is 0 Å². The Balaban J connectivity index is 0.00000363. The molecule has 32 heavy (non-hydrogen) atoms. The number of nitrogens with zero attached hydrogens (tertiary/aromatic N) is 4. The third-order valence-corrected chi connectivity index (χ3v) is 5.04. The van der Waals surface area contributed by atoms with Crippen molar-refractivity contribution in [2.45, 2.75) is 47.6 Å². The number of anilines is 4. The van der Waals surface area contributed by atoms with Crippen molar-refractivity contribution < 1.29 is 4.79 Å². The van der Waals surface area contributed by atoms with Crippen LogP contribution in [0.2, 0.25) is 0 Å². The summed E-state index contributed by atoms with van der Waals surface area (Å²) in [4.78, 5) is 28.0. The molecule has 3 rings (SSSR count). The van der Waals surface area contributed by atoms with Crippen LogP contribution in [0.25, 0.3) is 0 Å². The predicted molar refractivity (Wildman–Crippen MR) is 132 cm³/mol. The van der Waals surface area contributed by atoms with Gasteiger partial charge in [-0.15, -0.1) is 0 Å². The molecule has 1 saturated heterocycles. The number of aromatic nitrogens is 3.